The van der Waals surface area contributed by atoms with Gasteiger partial charge in [0.05, 0.1) is 18.3 Å². The summed E-state index contributed by atoms with van der Waals surface area (Å²) < 4.78 is 10.2. The van der Waals surface area contributed by atoms with Crippen molar-refractivity contribution in [1.82, 2.24) is 5.32 Å². The number of hydrogen-bond acceptors (Lipinski definition) is 4. The summed E-state index contributed by atoms with van der Waals surface area (Å²) in [5.41, 5.74) is 0.425. The molecule has 19 heavy (non-hydrogen) atoms. The minimum absolute atomic E-state index is 0.127. The number of benzene rings is 1. The molecule has 1 rings (SSSR count). The summed E-state index contributed by atoms with van der Waals surface area (Å²) in [7, 11) is 1.49. The second-order valence-corrected chi connectivity index (χ2v) is 3.92. The lowest BCUT2D eigenvalue weighted by Crippen LogP contribution is -2.34. The van der Waals surface area contributed by atoms with Crippen molar-refractivity contribution < 1.29 is 19.4 Å². The first-order chi connectivity index (χ1) is 9.19. The number of hydrogen-bond donors (Lipinski definition) is 2. The van der Waals surface area contributed by atoms with E-state index in [4.69, 9.17) is 9.47 Å². The van der Waals surface area contributed by atoms with Gasteiger partial charge in [0.1, 0.15) is 12.4 Å². The van der Waals surface area contributed by atoms with E-state index in [0.29, 0.717) is 17.9 Å². The molecule has 2 N–H and O–H groups in total. The van der Waals surface area contributed by atoms with Crippen molar-refractivity contribution in [3.05, 3.63) is 42.5 Å². The highest BCUT2D eigenvalue weighted by Gasteiger charge is 2.13. The van der Waals surface area contributed by atoms with Crippen molar-refractivity contribution in [3.63, 3.8) is 0 Å². The largest absolute Gasteiger partial charge is 0.489 e. The smallest absolute Gasteiger partial charge is 0.255 e. The maximum absolute atomic E-state index is 12.0. The molecule has 0 bridgehead atoms. The highest BCUT2D eigenvalue weighted by atomic mass is 16.5. The fourth-order valence-corrected chi connectivity index (χ4v) is 1.49. The lowest BCUT2D eigenvalue weighted by atomic mass is 10.2. The Balaban J connectivity index is 2.62. The van der Waals surface area contributed by atoms with Crippen LogP contribution in [0.5, 0.6) is 5.75 Å². The van der Waals surface area contributed by atoms with Crippen molar-refractivity contribution in [1.29, 1.82) is 0 Å². The van der Waals surface area contributed by atoms with Crippen molar-refractivity contribution in [3.8, 4) is 5.75 Å². The van der Waals surface area contributed by atoms with E-state index in [9.17, 15) is 9.90 Å². The van der Waals surface area contributed by atoms with Gasteiger partial charge in [-0.25, -0.2) is 0 Å². The van der Waals surface area contributed by atoms with Gasteiger partial charge in [0.15, 0.2) is 0 Å². The Kier molecular flexibility index (Phi) is 6.63. The average molecular weight is 265 g/mol. The summed E-state index contributed by atoms with van der Waals surface area (Å²) in [6, 6.07) is 6.91. The van der Waals surface area contributed by atoms with Crippen LogP contribution in [0, 0.1) is 0 Å². The molecule has 0 fully saturated rings. The Bertz CT molecular complexity index is 420. The first-order valence-electron chi connectivity index (χ1n) is 5.97. The van der Waals surface area contributed by atoms with Crippen LogP contribution >= 0.6 is 0 Å². The van der Waals surface area contributed by atoms with Crippen molar-refractivity contribution >= 4 is 5.91 Å². The van der Waals surface area contributed by atoms with Gasteiger partial charge in [0.2, 0.25) is 0 Å². The molecule has 0 spiro atoms. The Hall–Kier alpha value is -1.85. The lowest BCUT2D eigenvalue weighted by Gasteiger charge is -2.13. The van der Waals surface area contributed by atoms with Crippen LogP contribution in [0.25, 0.3) is 0 Å². The van der Waals surface area contributed by atoms with Gasteiger partial charge in [-0.1, -0.05) is 24.8 Å². The number of nitrogens with one attached hydrogen (secondary N) is 1. The SMILES string of the molecule is C=CCOc1ccccc1C(=O)NCC(O)COC. The molecule has 0 heterocycles. The maximum atomic E-state index is 12.0. The Labute approximate surface area is 112 Å². The molecular formula is C14H19NO4. The van der Waals surface area contributed by atoms with E-state index in [2.05, 4.69) is 11.9 Å². The zero-order valence-electron chi connectivity index (χ0n) is 11.0. The number of aliphatic hydroxyl groups excluding tert-OH is 1. The van der Waals surface area contributed by atoms with Gasteiger partial charge < -0.3 is 19.9 Å². The number of rotatable bonds is 8. The maximum Gasteiger partial charge on any atom is 0.255 e. The minimum Gasteiger partial charge on any atom is -0.489 e. The number of para-hydroxylation sites is 1. The molecule has 0 radical (unpaired) electrons. The number of aliphatic hydroxyl groups is 1. The highest BCUT2D eigenvalue weighted by molar-refractivity contribution is 5.96. The molecule has 0 saturated heterocycles. The molecule has 1 aromatic carbocycles. The molecule has 0 aliphatic carbocycles. The van der Waals surface area contributed by atoms with Crippen LogP contribution in [0.1, 0.15) is 10.4 Å². The Morgan fingerprint density at radius 1 is 1.53 bits per heavy atom. The van der Waals surface area contributed by atoms with E-state index < -0.39 is 6.10 Å². The topological polar surface area (TPSA) is 67.8 Å². The van der Waals surface area contributed by atoms with E-state index in [0.717, 1.165) is 0 Å². The van der Waals surface area contributed by atoms with Crippen LogP contribution in [0.15, 0.2) is 36.9 Å². The van der Waals surface area contributed by atoms with Crippen LogP contribution in [-0.4, -0.2) is 44.0 Å². The van der Waals surface area contributed by atoms with Gasteiger partial charge in [-0.05, 0) is 12.1 Å². The molecule has 0 aliphatic rings. The molecule has 1 unspecified atom stereocenters. The van der Waals surface area contributed by atoms with Crippen molar-refractivity contribution in [2.24, 2.45) is 0 Å². The normalized spacial score (nSPS) is 11.7. The second-order valence-electron chi connectivity index (χ2n) is 3.92. The van der Waals surface area contributed by atoms with E-state index >= 15 is 0 Å². The van der Waals surface area contributed by atoms with Gasteiger partial charge in [-0.3, -0.25) is 4.79 Å². The van der Waals surface area contributed by atoms with Crippen LogP contribution in [0.3, 0.4) is 0 Å². The number of carbonyl (C=O) groups is 1. The number of methoxy groups -OCH3 is 1. The first-order valence-corrected chi connectivity index (χ1v) is 5.97. The minimum atomic E-state index is -0.727. The second kappa shape index (κ2) is 8.29. The molecule has 0 aliphatic heterocycles. The molecule has 1 atom stereocenters. The predicted molar refractivity (Wildman–Crippen MR) is 72.4 cm³/mol. The summed E-state index contributed by atoms with van der Waals surface area (Å²) in [5.74, 6) is 0.191. The summed E-state index contributed by atoms with van der Waals surface area (Å²) >= 11 is 0. The van der Waals surface area contributed by atoms with Gasteiger partial charge in [0.25, 0.3) is 5.91 Å². The van der Waals surface area contributed by atoms with Crippen molar-refractivity contribution in [2.45, 2.75) is 6.10 Å². The van der Waals surface area contributed by atoms with Gasteiger partial charge in [0, 0.05) is 13.7 Å². The summed E-state index contributed by atoms with van der Waals surface area (Å²) in [6.45, 7) is 4.19. The molecular weight excluding hydrogens is 246 g/mol. The zero-order valence-corrected chi connectivity index (χ0v) is 11.0. The predicted octanol–water partition coefficient (Wildman–Crippen LogP) is 0.988. The third-order valence-corrected chi connectivity index (χ3v) is 2.35. The molecule has 0 aromatic heterocycles. The van der Waals surface area contributed by atoms with E-state index in [-0.39, 0.29) is 19.1 Å². The molecule has 5 heteroatoms. The fourth-order valence-electron chi connectivity index (χ4n) is 1.49. The van der Waals surface area contributed by atoms with Gasteiger partial charge in [-0.15, -0.1) is 0 Å². The number of amides is 1. The Morgan fingerprint density at radius 3 is 2.95 bits per heavy atom. The summed E-state index contributed by atoms with van der Waals surface area (Å²) in [6.07, 6.45) is 0.881. The lowest BCUT2D eigenvalue weighted by molar-refractivity contribution is 0.0609. The van der Waals surface area contributed by atoms with Crippen LogP contribution in [-0.2, 0) is 4.74 Å². The highest BCUT2D eigenvalue weighted by Crippen LogP contribution is 2.17. The third kappa shape index (κ3) is 5.11. The third-order valence-electron chi connectivity index (χ3n) is 2.35. The van der Waals surface area contributed by atoms with E-state index in [1.54, 1.807) is 30.3 Å². The van der Waals surface area contributed by atoms with Crippen LogP contribution < -0.4 is 10.1 Å². The standard InChI is InChI=1S/C14H19NO4/c1-3-8-19-13-7-5-4-6-12(13)14(17)15-9-11(16)10-18-2/h3-7,11,16H,1,8-10H2,2H3,(H,15,17). The molecule has 5 nitrogen and oxygen atoms in total. The zero-order chi connectivity index (χ0) is 14.1. The first kappa shape index (κ1) is 15.2. The molecule has 104 valence electrons. The number of ether oxygens (including phenoxy) is 2. The molecule has 1 amide bonds. The van der Waals surface area contributed by atoms with Crippen molar-refractivity contribution in [2.75, 3.05) is 26.9 Å². The van der Waals surface area contributed by atoms with Crippen LogP contribution in [0.2, 0.25) is 0 Å². The number of carbonyl (C=O) groups excluding carboxylic acids is 1. The summed E-state index contributed by atoms with van der Waals surface area (Å²) in [4.78, 5) is 12.0. The van der Waals surface area contributed by atoms with Crippen LogP contribution in [0.4, 0.5) is 0 Å². The van der Waals surface area contributed by atoms with E-state index in [1.807, 2.05) is 0 Å². The fraction of sp³-hybridized carbons (Fsp3) is 0.357. The average Bonchev–Trinajstić information content (AvgIpc) is 2.43. The molecule has 1 aromatic rings. The van der Waals surface area contributed by atoms with E-state index in [1.165, 1.54) is 7.11 Å². The summed E-state index contributed by atoms with van der Waals surface area (Å²) in [5, 5.41) is 12.1. The Morgan fingerprint density at radius 2 is 2.26 bits per heavy atom. The van der Waals surface area contributed by atoms with Gasteiger partial charge in [-0.2, -0.15) is 0 Å². The van der Waals surface area contributed by atoms with Gasteiger partial charge >= 0.3 is 0 Å². The molecule has 0 saturated carbocycles. The quantitative estimate of drug-likeness (QED) is 0.688. The monoisotopic (exact) mass is 265 g/mol.